The highest BCUT2D eigenvalue weighted by molar-refractivity contribution is 6.30. The summed E-state index contributed by atoms with van der Waals surface area (Å²) in [6.45, 7) is 3.78. The van der Waals surface area contributed by atoms with Gasteiger partial charge in [0.15, 0.2) is 6.61 Å². The maximum Gasteiger partial charge on any atom is 0.338 e. The number of carbonyl (C=O) groups is 2. The number of ether oxygens (including phenoxy) is 2. The summed E-state index contributed by atoms with van der Waals surface area (Å²) in [7, 11) is 0. The van der Waals surface area contributed by atoms with Crippen LogP contribution in [-0.2, 0) is 14.3 Å². The Morgan fingerprint density at radius 3 is 2.96 bits per heavy atom. The first kappa shape index (κ1) is 17.3. The summed E-state index contributed by atoms with van der Waals surface area (Å²) in [4.78, 5) is 23.7. The van der Waals surface area contributed by atoms with Crippen molar-refractivity contribution in [2.24, 2.45) is 0 Å². The molecule has 1 aromatic rings. The van der Waals surface area contributed by atoms with Crippen molar-refractivity contribution in [2.45, 2.75) is 32.7 Å². The van der Waals surface area contributed by atoms with Gasteiger partial charge in [-0.3, -0.25) is 4.79 Å². The van der Waals surface area contributed by atoms with Crippen molar-refractivity contribution in [3.63, 3.8) is 0 Å². The first-order valence-corrected chi connectivity index (χ1v) is 7.96. The predicted octanol–water partition coefficient (Wildman–Crippen LogP) is 2.96. The van der Waals surface area contributed by atoms with Crippen LogP contribution in [0.4, 0.5) is 0 Å². The van der Waals surface area contributed by atoms with E-state index in [1.165, 1.54) is 0 Å². The molecule has 1 aromatic carbocycles. The Morgan fingerprint density at radius 2 is 2.22 bits per heavy atom. The molecule has 23 heavy (non-hydrogen) atoms. The molecule has 0 spiro atoms. The second kappa shape index (κ2) is 8.02. The predicted molar refractivity (Wildman–Crippen MR) is 88.4 cm³/mol. The van der Waals surface area contributed by atoms with Crippen LogP contribution in [-0.4, -0.2) is 31.1 Å². The van der Waals surface area contributed by atoms with Crippen LogP contribution in [0.25, 0.3) is 6.08 Å². The summed E-state index contributed by atoms with van der Waals surface area (Å²) in [6.07, 6.45) is 3.54. The van der Waals surface area contributed by atoms with E-state index in [4.69, 9.17) is 21.1 Å². The van der Waals surface area contributed by atoms with Gasteiger partial charge >= 0.3 is 5.97 Å². The summed E-state index contributed by atoms with van der Waals surface area (Å²) < 4.78 is 10.5. The lowest BCUT2D eigenvalue weighted by molar-refractivity contribution is -0.145. The van der Waals surface area contributed by atoms with Crippen LogP contribution in [0.2, 0.25) is 5.02 Å². The van der Waals surface area contributed by atoms with Crippen molar-refractivity contribution >= 4 is 29.6 Å². The van der Waals surface area contributed by atoms with E-state index < -0.39 is 5.97 Å². The van der Waals surface area contributed by atoms with Crippen LogP contribution in [0.3, 0.4) is 0 Å². The number of nitrogens with one attached hydrogen (secondary N) is 1. The molecule has 0 saturated carbocycles. The van der Waals surface area contributed by atoms with Crippen molar-refractivity contribution in [1.29, 1.82) is 0 Å². The van der Waals surface area contributed by atoms with Gasteiger partial charge in [0.1, 0.15) is 12.4 Å². The molecule has 0 bridgehead atoms. The molecule has 1 aliphatic rings. The van der Waals surface area contributed by atoms with Gasteiger partial charge in [-0.2, -0.15) is 0 Å². The minimum absolute atomic E-state index is 0.0671. The number of fused-ring (bicyclic) bond motifs is 1. The lowest BCUT2D eigenvalue weighted by atomic mass is 10.1. The van der Waals surface area contributed by atoms with E-state index in [0.29, 0.717) is 16.3 Å². The average Bonchev–Trinajstić information content (AvgIpc) is 2.52. The smallest absolute Gasteiger partial charge is 0.338 e. The van der Waals surface area contributed by atoms with Crippen molar-refractivity contribution < 1.29 is 19.1 Å². The van der Waals surface area contributed by atoms with Crippen LogP contribution in [0.15, 0.2) is 23.8 Å². The molecular weight excluding hydrogens is 318 g/mol. The van der Waals surface area contributed by atoms with Gasteiger partial charge in [0.05, 0.1) is 5.57 Å². The Balaban J connectivity index is 1.90. The van der Waals surface area contributed by atoms with E-state index >= 15 is 0 Å². The number of hydrogen-bond acceptors (Lipinski definition) is 4. The lowest BCUT2D eigenvalue weighted by Gasteiger charge is -2.17. The molecule has 1 N–H and O–H groups in total. The third-order valence-corrected chi connectivity index (χ3v) is 3.65. The first-order chi connectivity index (χ1) is 11.0. The number of rotatable bonds is 6. The molecule has 1 aliphatic heterocycles. The highest BCUT2D eigenvalue weighted by Gasteiger charge is 2.19. The number of hydrogen-bond donors (Lipinski definition) is 1. The van der Waals surface area contributed by atoms with Crippen molar-refractivity contribution in [2.75, 3.05) is 13.2 Å². The molecule has 0 saturated heterocycles. The summed E-state index contributed by atoms with van der Waals surface area (Å²) in [6, 6.07) is 5.25. The standard InChI is InChI=1S/C17H20ClNO4/c1-3-4-11(2)19-16(20)10-23-17(21)13-7-12-8-14(18)5-6-15(12)22-9-13/h5-8,11H,3-4,9-10H2,1-2H3,(H,19,20). The number of benzene rings is 1. The average molecular weight is 338 g/mol. The minimum atomic E-state index is -0.561. The molecule has 124 valence electrons. The van der Waals surface area contributed by atoms with Crippen molar-refractivity contribution in [3.8, 4) is 5.75 Å². The van der Waals surface area contributed by atoms with Crippen LogP contribution >= 0.6 is 11.6 Å². The van der Waals surface area contributed by atoms with E-state index in [9.17, 15) is 9.59 Å². The van der Waals surface area contributed by atoms with Crippen molar-refractivity contribution in [3.05, 3.63) is 34.4 Å². The quantitative estimate of drug-likeness (QED) is 0.810. The highest BCUT2D eigenvalue weighted by Crippen LogP contribution is 2.29. The Bertz CT molecular complexity index is 627. The van der Waals surface area contributed by atoms with Crippen LogP contribution in [0.1, 0.15) is 32.3 Å². The second-order valence-corrected chi connectivity index (χ2v) is 5.91. The van der Waals surface area contributed by atoms with E-state index in [1.807, 2.05) is 13.8 Å². The number of amides is 1. The van der Waals surface area contributed by atoms with Gasteiger partial charge in [0.2, 0.25) is 0 Å². The van der Waals surface area contributed by atoms with Crippen LogP contribution < -0.4 is 10.1 Å². The zero-order valence-corrected chi connectivity index (χ0v) is 14.0. The fraction of sp³-hybridized carbons (Fsp3) is 0.412. The van der Waals surface area contributed by atoms with Gasteiger partial charge in [0.25, 0.3) is 5.91 Å². The summed E-state index contributed by atoms with van der Waals surface area (Å²) in [5.74, 6) is -0.203. The van der Waals surface area contributed by atoms with E-state index in [1.54, 1.807) is 24.3 Å². The maximum atomic E-state index is 12.0. The third kappa shape index (κ3) is 4.99. The maximum absolute atomic E-state index is 12.0. The molecule has 5 nitrogen and oxygen atoms in total. The van der Waals surface area contributed by atoms with Crippen molar-refractivity contribution in [1.82, 2.24) is 5.32 Å². The number of esters is 1. The largest absolute Gasteiger partial charge is 0.488 e. The number of carbonyl (C=O) groups excluding carboxylic acids is 2. The SMILES string of the molecule is CCCC(C)NC(=O)COC(=O)C1=Cc2cc(Cl)ccc2OC1. The van der Waals surface area contributed by atoms with Crippen LogP contribution in [0.5, 0.6) is 5.75 Å². The second-order valence-electron chi connectivity index (χ2n) is 5.47. The van der Waals surface area contributed by atoms with E-state index in [-0.39, 0.29) is 25.2 Å². The first-order valence-electron chi connectivity index (χ1n) is 7.59. The summed E-state index contributed by atoms with van der Waals surface area (Å²) in [5.41, 5.74) is 1.07. The summed E-state index contributed by atoms with van der Waals surface area (Å²) >= 11 is 5.93. The molecule has 1 unspecified atom stereocenters. The van der Waals surface area contributed by atoms with Gasteiger partial charge in [-0.15, -0.1) is 0 Å². The third-order valence-electron chi connectivity index (χ3n) is 3.41. The lowest BCUT2D eigenvalue weighted by Crippen LogP contribution is -2.36. The molecule has 6 heteroatoms. The molecule has 2 rings (SSSR count). The molecule has 0 fully saturated rings. The molecule has 0 aliphatic carbocycles. The molecule has 0 radical (unpaired) electrons. The monoisotopic (exact) mass is 337 g/mol. The molecule has 0 aromatic heterocycles. The van der Waals surface area contributed by atoms with Gasteiger partial charge in [-0.1, -0.05) is 24.9 Å². The molecular formula is C17H20ClNO4. The number of halogens is 1. The molecule has 1 atom stereocenters. The van der Waals surface area contributed by atoms with Gasteiger partial charge < -0.3 is 14.8 Å². The fourth-order valence-electron chi connectivity index (χ4n) is 2.31. The zero-order chi connectivity index (χ0) is 16.8. The minimum Gasteiger partial charge on any atom is -0.488 e. The Hall–Kier alpha value is -2.01. The normalized spacial score (nSPS) is 14.1. The zero-order valence-electron chi connectivity index (χ0n) is 13.2. The molecule has 1 amide bonds. The van der Waals surface area contributed by atoms with E-state index in [0.717, 1.165) is 18.4 Å². The van der Waals surface area contributed by atoms with Crippen LogP contribution in [0, 0.1) is 0 Å². The Labute approximate surface area is 140 Å². The topological polar surface area (TPSA) is 64.6 Å². The highest BCUT2D eigenvalue weighted by atomic mass is 35.5. The van der Waals surface area contributed by atoms with Gasteiger partial charge in [0, 0.05) is 16.6 Å². The molecule has 1 heterocycles. The Kier molecular flexibility index (Phi) is 6.04. The summed E-state index contributed by atoms with van der Waals surface area (Å²) in [5, 5.41) is 3.34. The fourth-order valence-corrected chi connectivity index (χ4v) is 2.49. The van der Waals surface area contributed by atoms with Gasteiger partial charge in [-0.25, -0.2) is 4.79 Å². The Morgan fingerprint density at radius 1 is 1.43 bits per heavy atom. The van der Waals surface area contributed by atoms with E-state index in [2.05, 4.69) is 5.32 Å². The van der Waals surface area contributed by atoms with Gasteiger partial charge in [-0.05, 0) is 37.6 Å².